The summed E-state index contributed by atoms with van der Waals surface area (Å²) in [6, 6.07) is 0. The fourth-order valence-corrected chi connectivity index (χ4v) is 6.55. The second-order valence-electron chi connectivity index (χ2n) is 9.71. The Morgan fingerprint density at radius 1 is 1.15 bits per heavy atom. The zero-order valence-electron chi connectivity index (χ0n) is 15.7. The number of ether oxygens (including phenoxy) is 1. The normalized spacial score (nSPS) is 57.8. The van der Waals surface area contributed by atoms with Crippen LogP contribution in [0.1, 0.15) is 46.5 Å². The highest BCUT2D eigenvalue weighted by Crippen LogP contribution is 2.73. The van der Waals surface area contributed by atoms with Gasteiger partial charge in [-0.2, -0.15) is 0 Å². The summed E-state index contributed by atoms with van der Waals surface area (Å²) in [6.07, 6.45) is 2.38. The molecule has 0 radical (unpaired) electrons. The van der Waals surface area contributed by atoms with Crippen molar-refractivity contribution in [3.05, 3.63) is 24.3 Å². The molecule has 0 aromatic carbocycles. The lowest BCUT2D eigenvalue weighted by Crippen LogP contribution is -2.83. The van der Waals surface area contributed by atoms with Gasteiger partial charge in [0.2, 0.25) is 5.79 Å². The minimum Gasteiger partial charge on any atom is -0.390 e. The molecule has 7 unspecified atom stereocenters. The SMILES string of the molecule is C=CC1(C)C=C2C(O)C3(O)OCC4(CCCC(C)(C)C34O)C2(O)C(O)C1. The van der Waals surface area contributed by atoms with Crippen molar-refractivity contribution in [1.29, 1.82) is 0 Å². The summed E-state index contributed by atoms with van der Waals surface area (Å²) in [7, 11) is 0. The zero-order chi connectivity index (χ0) is 19.4. The van der Waals surface area contributed by atoms with Crippen LogP contribution in [0.4, 0.5) is 0 Å². The van der Waals surface area contributed by atoms with Gasteiger partial charge in [-0.3, -0.25) is 0 Å². The minimum atomic E-state index is -2.24. The number of allylic oxidation sites excluding steroid dienone is 2. The van der Waals surface area contributed by atoms with Crippen molar-refractivity contribution in [2.24, 2.45) is 16.2 Å². The smallest absolute Gasteiger partial charge is 0.227 e. The standard InChI is InChI=1S/C20H30O6/c1-5-16(4)9-12-14(22)19(24)20(25)15(2,3)7-6-8-17(20,11-26-19)18(12,23)13(21)10-16/h5,9,13-14,21-25H,1,6-8,10-11H2,2-4H3. The molecule has 0 spiro atoms. The summed E-state index contributed by atoms with van der Waals surface area (Å²) in [5.41, 5.74) is -6.43. The Hall–Kier alpha value is -0.760. The number of fused-ring (bicyclic) bond motifs is 1. The van der Waals surface area contributed by atoms with Gasteiger partial charge in [-0.15, -0.1) is 6.58 Å². The first-order chi connectivity index (χ1) is 11.9. The molecule has 2 bridgehead atoms. The number of hydrogen-bond acceptors (Lipinski definition) is 6. The third kappa shape index (κ3) is 1.58. The molecule has 1 saturated heterocycles. The van der Waals surface area contributed by atoms with Crippen LogP contribution in [0.3, 0.4) is 0 Å². The van der Waals surface area contributed by atoms with Crippen LogP contribution in [0, 0.1) is 16.2 Å². The highest BCUT2D eigenvalue weighted by molar-refractivity contribution is 5.47. The number of hydrogen-bond donors (Lipinski definition) is 5. The van der Waals surface area contributed by atoms with Gasteiger partial charge in [-0.05, 0) is 30.3 Å². The minimum absolute atomic E-state index is 0.126. The van der Waals surface area contributed by atoms with E-state index in [1.807, 2.05) is 20.8 Å². The van der Waals surface area contributed by atoms with Gasteiger partial charge in [-0.1, -0.05) is 39.3 Å². The lowest BCUT2D eigenvalue weighted by Gasteiger charge is -2.68. The molecule has 3 fully saturated rings. The maximum atomic E-state index is 11.9. The second kappa shape index (κ2) is 4.80. The van der Waals surface area contributed by atoms with Crippen molar-refractivity contribution in [3.63, 3.8) is 0 Å². The van der Waals surface area contributed by atoms with Crippen molar-refractivity contribution >= 4 is 0 Å². The highest BCUT2D eigenvalue weighted by atomic mass is 16.7. The van der Waals surface area contributed by atoms with Crippen LogP contribution in [-0.2, 0) is 4.74 Å². The van der Waals surface area contributed by atoms with Crippen LogP contribution >= 0.6 is 0 Å². The molecule has 0 aromatic rings. The maximum absolute atomic E-state index is 11.9. The summed E-state index contributed by atoms with van der Waals surface area (Å²) >= 11 is 0. The molecule has 146 valence electrons. The summed E-state index contributed by atoms with van der Waals surface area (Å²) in [5.74, 6) is -2.24. The van der Waals surface area contributed by atoms with Crippen molar-refractivity contribution in [1.82, 2.24) is 0 Å². The second-order valence-corrected chi connectivity index (χ2v) is 9.71. The lowest BCUT2D eigenvalue weighted by molar-refractivity contribution is -0.372. The van der Waals surface area contributed by atoms with E-state index >= 15 is 0 Å². The van der Waals surface area contributed by atoms with E-state index in [0.29, 0.717) is 19.3 Å². The average Bonchev–Trinajstić information content (AvgIpc) is 2.79. The van der Waals surface area contributed by atoms with Crippen LogP contribution < -0.4 is 0 Å². The topological polar surface area (TPSA) is 110 Å². The first-order valence-electron chi connectivity index (χ1n) is 9.39. The van der Waals surface area contributed by atoms with E-state index < -0.39 is 45.4 Å². The lowest BCUT2D eigenvalue weighted by atomic mass is 9.39. The molecule has 6 heteroatoms. The van der Waals surface area contributed by atoms with E-state index in [2.05, 4.69) is 6.58 Å². The van der Waals surface area contributed by atoms with Crippen molar-refractivity contribution < 1.29 is 30.3 Å². The largest absolute Gasteiger partial charge is 0.390 e. The number of aliphatic hydroxyl groups excluding tert-OH is 2. The Labute approximate surface area is 153 Å². The molecule has 3 aliphatic carbocycles. The predicted molar refractivity (Wildman–Crippen MR) is 93.9 cm³/mol. The molecule has 26 heavy (non-hydrogen) atoms. The Morgan fingerprint density at radius 3 is 2.42 bits per heavy atom. The Balaban J connectivity index is 2.06. The molecular formula is C20H30O6. The molecule has 1 heterocycles. The van der Waals surface area contributed by atoms with Gasteiger partial charge < -0.3 is 30.3 Å². The molecular weight excluding hydrogens is 336 g/mol. The molecule has 4 rings (SSSR count). The number of rotatable bonds is 1. The van der Waals surface area contributed by atoms with Crippen molar-refractivity contribution in [3.8, 4) is 0 Å². The number of aliphatic hydroxyl groups is 5. The molecule has 0 amide bonds. The van der Waals surface area contributed by atoms with Gasteiger partial charge in [0.25, 0.3) is 0 Å². The average molecular weight is 366 g/mol. The van der Waals surface area contributed by atoms with Gasteiger partial charge in [-0.25, -0.2) is 0 Å². The van der Waals surface area contributed by atoms with E-state index in [9.17, 15) is 25.5 Å². The zero-order valence-corrected chi connectivity index (χ0v) is 15.7. The predicted octanol–water partition coefficient (Wildman–Crippen LogP) is 0.622. The van der Waals surface area contributed by atoms with Crippen LogP contribution in [0.15, 0.2) is 24.3 Å². The fraction of sp³-hybridized carbons (Fsp3) is 0.800. The first kappa shape index (κ1) is 18.6. The summed E-state index contributed by atoms with van der Waals surface area (Å²) in [5, 5.41) is 57.3. The first-order valence-corrected chi connectivity index (χ1v) is 9.39. The maximum Gasteiger partial charge on any atom is 0.227 e. The third-order valence-electron chi connectivity index (χ3n) is 8.04. The molecule has 6 nitrogen and oxygen atoms in total. The van der Waals surface area contributed by atoms with Crippen LogP contribution in [0.2, 0.25) is 0 Å². The quantitative estimate of drug-likeness (QED) is 0.435. The van der Waals surface area contributed by atoms with Gasteiger partial charge in [0.1, 0.15) is 17.3 Å². The Kier molecular flexibility index (Phi) is 3.43. The van der Waals surface area contributed by atoms with Crippen molar-refractivity contribution in [2.45, 2.75) is 75.7 Å². The summed E-state index contributed by atoms with van der Waals surface area (Å²) in [6.45, 7) is 9.15. The molecule has 0 aromatic heterocycles. The fourth-order valence-electron chi connectivity index (χ4n) is 6.55. The van der Waals surface area contributed by atoms with Crippen LogP contribution in [0.5, 0.6) is 0 Å². The summed E-state index contributed by atoms with van der Waals surface area (Å²) < 4.78 is 5.68. The summed E-state index contributed by atoms with van der Waals surface area (Å²) in [4.78, 5) is 0. The van der Waals surface area contributed by atoms with Gasteiger partial charge in [0.05, 0.1) is 18.1 Å². The third-order valence-corrected chi connectivity index (χ3v) is 8.04. The Morgan fingerprint density at radius 2 is 1.81 bits per heavy atom. The van der Waals surface area contributed by atoms with Gasteiger partial charge in [0.15, 0.2) is 0 Å². The van der Waals surface area contributed by atoms with Crippen LogP contribution in [-0.4, -0.2) is 61.3 Å². The van der Waals surface area contributed by atoms with E-state index in [1.165, 1.54) is 0 Å². The van der Waals surface area contributed by atoms with E-state index in [1.54, 1.807) is 12.2 Å². The van der Waals surface area contributed by atoms with E-state index in [0.717, 1.165) is 0 Å². The Bertz CT molecular complexity index is 702. The molecule has 5 N–H and O–H groups in total. The van der Waals surface area contributed by atoms with Gasteiger partial charge >= 0.3 is 0 Å². The van der Waals surface area contributed by atoms with Crippen molar-refractivity contribution in [2.75, 3.05) is 6.61 Å². The highest BCUT2D eigenvalue weighted by Gasteiger charge is 2.87. The van der Waals surface area contributed by atoms with Crippen LogP contribution in [0.25, 0.3) is 0 Å². The van der Waals surface area contributed by atoms with Gasteiger partial charge in [0, 0.05) is 5.41 Å². The van der Waals surface area contributed by atoms with E-state index in [-0.39, 0.29) is 18.6 Å². The molecule has 7 atom stereocenters. The molecule has 4 aliphatic rings. The molecule has 2 saturated carbocycles. The molecule has 1 aliphatic heterocycles. The van der Waals surface area contributed by atoms with E-state index in [4.69, 9.17) is 4.74 Å². The monoisotopic (exact) mass is 366 g/mol.